The van der Waals surface area contributed by atoms with Crippen molar-refractivity contribution < 1.29 is 0 Å². The summed E-state index contributed by atoms with van der Waals surface area (Å²) in [6.07, 6.45) is 3.54. The van der Waals surface area contributed by atoms with Gasteiger partial charge >= 0.3 is 0 Å². The van der Waals surface area contributed by atoms with Gasteiger partial charge in [-0.2, -0.15) is 4.99 Å². The first-order chi connectivity index (χ1) is 5.50. The van der Waals surface area contributed by atoms with Crippen molar-refractivity contribution in [2.75, 3.05) is 0 Å². The van der Waals surface area contributed by atoms with Gasteiger partial charge < -0.3 is 5.73 Å². The third-order valence-electron chi connectivity index (χ3n) is 1.60. The molecule has 0 aromatic rings. The van der Waals surface area contributed by atoms with Crippen LogP contribution in [0.4, 0.5) is 0 Å². The van der Waals surface area contributed by atoms with Gasteiger partial charge in [0.25, 0.3) is 0 Å². The molecule has 3 nitrogen and oxygen atoms in total. The number of allylic oxidation sites excluding steroid dienone is 2. The van der Waals surface area contributed by atoms with Gasteiger partial charge in [-0.1, -0.05) is 20.8 Å². The number of aliphatic imine (C=N–C) groups is 2. The van der Waals surface area contributed by atoms with Gasteiger partial charge in [0.1, 0.15) is 0 Å². The second kappa shape index (κ2) is 2.95. The van der Waals surface area contributed by atoms with Gasteiger partial charge in [-0.3, -0.25) is 0 Å². The Labute approximate surface area is 72.4 Å². The zero-order chi connectivity index (χ0) is 9.19. The van der Waals surface area contributed by atoms with E-state index < -0.39 is 0 Å². The molecule has 0 spiro atoms. The van der Waals surface area contributed by atoms with Crippen molar-refractivity contribution in [2.24, 2.45) is 21.1 Å². The van der Waals surface area contributed by atoms with E-state index in [1.54, 1.807) is 6.20 Å². The summed E-state index contributed by atoms with van der Waals surface area (Å²) in [5, 5.41) is 0. The van der Waals surface area contributed by atoms with Gasteiger partial charge in [0.05, 0.1) is 0 Å². The van der Waals surface area contributed by atoms with Gasteiger partial charge in [0.2, 0.25) is 5.96 Å². The quantitative estimate of drug-likeness (QED) is 0.577. The van der Waals surface area contributed by atoms with Crippen molar-refractivity contribution in [1.29, 1.82) is 0 Å². The first-order valence-electron chi connectivity index (χ1n) is 3.83. The highest BCUT2D eigenvalue weighted by molar-refractivity contribution is 5.87. The molecule has 0 fully saturated rings. The molecule has 2 N–H and O–H groups in total. The molecule has 1 aliphatic rings. The Balaban J connectivity index is 3.04. The average Bonchev–Trinajstić information content (AvgIpc) is 2.11. The molecule has 0 radical (unpaired) electrons. The molecule has 1 aliphatic heterocycles. The third kappa shape index (κ3) is 2.07. The molecule has 1 rings (SSSR count). The Morgan fingerprint density at radius 3 is 2.67 bits per heavy atom. The highest BCUT2D eigenvalue weighted by Crippen LogP contribution is 2.25. The van der Waals surface area contributed by atoms with Crippen molar-refractivity contribution in [3.8, 4) is 0 Å². The van der Waals surface area contributed by atoms with E-state index >= 15 is 0 Å². The molecule has 0 amide bonds. The van der Waals surface area contributed by atoms with E-state index in [1.807, 2.05) is 6.08 Å². The first kappa shape index (κ1) is 8.75. The topological polar surface area (TPSA) is 50.7 Å². The summed E-state index contributed by atoms with van der Waals surface area (Å²) in [7, 11) is 0. The van der Waals surface area contributed by atoms with Crippen molar-refractivity contribution in [3.05, 3.63) is 17.8 Å². The fourth-order valence-electron chi connectivity index (χ4n) is 0.780. The SMILES string of the molecule is CC(C)(C)C1=CN=C(N)N=C=C1. The molecule has 0 aromatic carbocycles. The molecule has 0 saturated carbocycles. The van der Waals surface area contributed by atoms with Gasteiger partial charge in [0, 0.05) is 12.3 Å². The number of guanidine groups is 1. The second-order valence-corrected chi connectivity index (χ2v) is 3.71. The lowest BCUT2D eigenvalue weighted by Gasteiger charge is -2.17. The minimum atomic E-state index is 0.0661. The molecule has 1 heterocycles. The Morgan fingerprint density at radius 2 is 2.08 bits per heavy atom. The van der Waals surface area contributed by atoms with Crippen LogP contribution in [0.25, 0.3) is 0 Å². The van der Waals surface area contributed by atoms with Crippen LogP contribution in [0.1, 0.15) is 20.8 Å². The van der Waals surface area contributed by atoms with E-state index in [0.717, 1.165) is 5.57 Å². The molecule has 0 aliphatic carbocycles. The van der Waals surface area contributed by atoms with E-state index in [1.165, 1.54) is 0 Å². The maximum absolute atomic E-state index is 5.40. The summed E-state index contributed by atoms with van der Waals surface area (Å²) in [6, 6.07) is 0. The number of hydrogen-bond donors (Lipinski definition) is 1. The van der Waals surface area contributed by atoms with Gasteiger partial charge in [0.15, 0.2) is 0 Å². The van der Waals surface area contributed by atoms with E-state index in [0.29, 0.717) is 0 Å². The maximum Gasteiger partial charge on any atom is 0.228 e. The van der Waals surface area contributed by atoms with Crippen molar-refractivity contribution in [1.82, 2.24) is 0 Å². The van der Waals surface area contributed by atoms with Crippen LogP contribution in [0.15, 0.2) is 27.8 Å². The molecule has 12 heavy (non-hydrogen) atoms. The molecule has 0 atom stereocenters. The molecule has 64 valence electrons. The number of nitrogens with zero attached hydrogens (tertiary/aromatic N) is 2. The van der Waals surface area contributed by atoms with Crippen LogP contribution in [-0.2, 0) is 0 Å². The highest BCUT2D eigenvalue weighted by Gasteiger charge is 2.14. The molecule has 0 unspecified atom stereocenters. The summed E-state index contributed by atoms with van der Waals surface area (Å²) in [5.41, 5.74) is 6.54. The summed E-state index contributed by atoms with van der Waals surface area (Å²) >= 11 is 0. The Bertz CT molecular complexity index is 296. The summed E-state index contributed by atoms with van der Waals surface area (Å²) in [4.78, 5) is 7.70. The minimum Gasteiger partial charge on any atom is -0.367 e. The van der Waals surface area contributed by atoms with Crippen LogP contribution in [0, 0.1) is 5.41 Å². The Morgan fingerprint density at radius 1 is 1.42 bits per heavy atom. The second-order valence-electron chi connectivity index (χ2n) is 3.71. The fourth-order valence-corrected chi connectivity index (χ4v) is 0.780. The van der Waals surface area contributed by atoms with Gasteiger partial charge in [-0.05, 0) is 16.9 Å². The molecule has 0 bridgehead atoms. The van der Waals surface area contributed by atoms with Crippen LogP contribution >= 0.6 is 0 Å². The summed E-state index contributed by atoms with van der Waals surface area (Å²) in [5.74, 6) is 2.98. The van der Waals surface area contributed by atoms with Crippen molar-refractivity contribution in [2.45, 2.75) is 20.8 Å². The van der Waals surface area contributed by atoms with Crippen LogP contribution in [-0.4, -0.2) is 11.8 Å². The molecule has 3 heteroatoms. The van der Waals surface area contributed by atoms with E-state index in [9.17, 15) is 0 Å². The minimum absolute atomic E-state index is 0.0661. The predicted molar refractivity (Wildman–Crippen MR) is 51.2 cm³/mol. The van der Waals surface area contributed by atoms with E-state index in [4.69, 9.17) is 5.73 Å². The Kier molecular flexibility index (Phi) is 2.15. The normalized spacial score (nSPS) is 16.9. The lowest BCUT2D eigenvalue weighted by Crippen LogP contribution is -2.07. The zero-order valence-electron chi connectivity index (χ0n) is 7.63. The van der Waals surface area contributed by atoms with Crippen LogP contribution in [0.5, 0.6) is 0 Å². The summed E-state index contributed by atoms with van der Waals surface area (Å²) in [6.45, 7) is 6.32. The number of nitrogens with two attached hydrogens (primary N) is 1. The number of rotatable bonds is 0. The first-order valence-corrected chi connectivity index (χ1v) is 3.83. The maximum atomic E-state index is 5.40. The molecule has 0 saturated heterocycles. The fraction of sp³-hybridized carbons (Fsp3) is 0.444. The molecular formula is C9H13N3. The monoisotopic (exact) mass is 163 g/mol. The lowest BCUT2D eigenvalue weighted by atomic mass is 9.87. The van der Waals surface area contributed by atoms with Crippen LogP contribution in [0.3, 0.4) is 0 Å². The van der Waals surface area contributed by atoms with Crippen LogP contribution in [0.2, 0.25) is 0 Å². The van der Waals surface area contributed by atoms with E-state index in [2.05, 4.69) is 36.6 Å². The standard InChI is InChI=1S/C9H13N3/c1-9(2,3)7-4-5-11-8(10)12-6-7/h4,6H,1-3H3,(H2,10,12). The lowest BCUT2D eigenvalue weighted by molar-refractivity contribution is 0.516. The number of hydrogen-bond acceptors (Lipinski definition) is 3. The van der Waals surface area contributed by atoms with Crippen molar-refractivity contribution >= 4 is 11.8 Å². The highest BCUT2D eigenvalue weighted by atomic mass is 15.0. The third-order valence-corrected chi connectivity index (χ3v) is 1.60. The molecule has 0 aromatic heterocycles. The summed E-state index contributed by atoms with van der Waals surface area (Å²) < 4.78 is 0. The van der Waals surface area contributed by atoms with Gasteiger partial charge in [-0.15, -0.1) is 0 Å². The zero-order valence-corrected chi connectivity index (χ0v) is 7.63. The Hall–Kier alpha value is -1.34. The van der Waals surface area contributed by atoms with E-state index in [-0.39, 0.29) is 11.4 Å². The smallest absolute Gasteiger partial charge is 0.228 e. The van der Waals surface area contributed by atoms with Crippen LogP contribution < -0.4 is 5.73 Å². The van der Waals surface area contributed by atoms with Crippen molar-refractivity contribution in [3.63, 3.8) is 0 Å². The van der Waals surface area contributed by atoms with Gasteiger partial charge in [-0.25, -0.2) is 4.99 Å². The molecular weight excluding hydrogens is 150 g/mol. The predicted octanol–water partition coefficient (Wildman–Crippen LogP) is 1.47. The largest absolute Gasteiger partial charge is 0.367 e. The average molecular weight is 163 g/mol.